The van der Waals surface area contributed by atoms with E-state index < -0.39 is 5.82 Å². The van der Waals surface area contributed by atoms with Gasteiger partial charge in [-0.15, -0.1) is 0 Å². The van der Waals surface area contributed by atoms with E-state index in [1.165, 1.54) is 10.6 Å². The number of aromatic nitrogens is 3. The Kier molecular flexibility index (Phi) is 4.78. The smallest absolute Gasteiger partial charge is 0.251 e. The molecule has 3 aliphatic rings. The summed E-state index contributed by atoms with van der Waals surface area (Å²) in [5, 5.41) is 1.04. The Labute approximate surface area is 194 Å². The fourth-order valence-corrected chi connectivity index (χ4v) is 5.07. The van der Waals surface area contributed by atoms with Gasteiger partial charge in [0, 0.05) is 61.5 Å². The zero-order valence-corrected chi connectivity index (χ0v) is 18.8. The van der Waals surface area contributed by atoms with E-state index in [4.69, 9.17) is 21.3 Å². The van der Waals surface area contributed by atoms with Gasteiger partial charge in [0.1, 0.15) is 11.5 Å². The summed E-state index contributed by atoms with van der Waals surface area (Å²) in [7, 11) is 1.95. The molecular formula is C25H22ClFN4O2. The largest absolute Gasteiger partial charge is 0.371 e. The highest BCUT2D eigenvalue weighted by atomic mass is 35.5. The maximum absolute atomic E-state index is 14.3. The number of morpholine rings is 1. The summed E-state index contributed by atoms with van der Waals surface area (Å²) in [6.07, 6.45) is 7.36. The van der Waals surface area contributed by atoms with Crippen LogP contribution in [0.15, 0.2) is 59.8 Å². The van der Waals surface area contributed by atoms with Crippen molar-refractivity contribution in [3.05, 3.63) is 81.7 Å². The lowest BCUT2D eigenvalue weighted by Crippen LogP contribution is -2.57. The van der Waals surface area contributed by atoms with Gasteiger partial charge >= 0.3 is 0 Å². The number of halogens is 2. The van der Waals surface area contributed by atoms with Gasteiger partial charge in [-0.1, -0.05) is 23.7 Å². The van der Waals surface area contributed by atoms with Gasteiger partial charge in [0.15, 0.2) is 0 Å². The maximum Gasteiger partial charge on any atom is 0.251 e. The molecule has 0 amide bonds. The number of pyridine rings is 2. The predicted octanol–water partition coefficient (Wildman–Crippen LogP) is 4.22. The van der Waals surface area contributed by atoms with Gasteiger partial charge in [-0.2, -0.15) is 0 Å². The van der Waals surface area contributed by atoms with E-state index in [0.717, 1.165) is 47.4 Å². The number of nitrogens with zero attached hydrogens (tertiary/aromatic N) is 4. The summed E-state index contributed by atoms with van der Waals surface area (Å²) in [4.78, 5) is 19.9. The Morgan fingerprint density at radius 3 is 2.76 bits per heavy atom. The summed E-state index contributed by atoms with van der Waals surface area (Å²) in [5.41, 5.74) is 3.84. The lowest BCUT2D eigenvalue weighted by Gasteiger charge is -2.47. The predicted molar refractivity (Wildman–Crippen MR) is 126 cm³/mol. The van der Waals surface area contributed by atoms with Gasteiger partial charge in [0.2, 0.25) is 0 Å². The van der Waals surface area contributed by atoms with Crippen LogP contribution in [0, 0.1) is 5.82 Å². The number of aryl methyl sites for hydroxylation is 1. The molecule has 2 unspecified atom stereocenters. The molecule has 4 aromatic rings. The molecule has 3 aliphatic heterocycles. The van der Waals surface area contributed by atoms with Crippen molar-refractivity contribution < 1.29 is 9.13 Å². The third-order valence-corrected chi connectivity index (χ3v) is 6.89. The Balaban J connectivity index is 1.35. The Bertz CT molecular complexity index is 1430. The standard InChI is InChI=1S/C25H22ClFN4O2/c1-29-14-21(20-8-17(10-28-25(20)29)31-12-18-9-19(13-31)33-18)15-5-6-30(23(32)7-15)11-16-3-2-4-22(26)24(16)27/h2-8,10,14,18-19H,9,11-13H2,1H3. The number of fused-ring (bicyclic) bond motifs is 3. The SMILES string of the molecule is Cn1cc(-c2ccn(Cc3cccc(Cl)c3F)c(=O)c2)c2cc(N3CC4CC(C3)O4)cnc21. The second kappa shape index (κ2) is 7.71. The molecule has 8 heteroatoms. The molecule has 0 saturated carbocycles. The van der Waals surface area contributed by atoms with E-state index in [1.807, 2.05) is 30.1 Å². The van der Waals surface area contributed by atoms with Gasteiger partial charge in [0.25, 0.3) is 5.56 Å². The monoisotopic (exact) mass is 464 g/mol. The molecule has 0 radical (unpaired) electrons. The lowest BCUT2D eigenvalue weighted by atomic mass is 9.98. The minimum absolute atomic E-state index is 0.0498. The molecule has 33 heavy (non-hydrogen) atoms. The molecule has 2 bridgehead atoms. The van der Waals surface area contributed by atoms with Crippen molar-refractivity contribution >= 4 is 28.3 Å². The number of ether oxygens (including phenoxy) is 1. The average Bonchev–Trinajstić information content (AvgIpc) is 3.13. The topological polar surface area (TPSA) is 52.3 Å². The molecule has 3 fully saturated rings. The molecule has 0 N–H and O–H groups in total. The molecule has 168 valence electrons. The van der Waals surface area contributed by atoms with Crippen LogP contribution in [0.4, 0.5) is 10.1 Å². The van der Waals surface area contributed by atoms with Crippen molar-refractivity contribution in [1.82, 2.24) is 14.1 Å². The number of anilines is 1. The van der Waals surface area contributed by atoms with Crippen molar-refractivity contribution in [2.45, 2.75) is 25.2 Å². The number of rotatable bonds is 4. The molecule has 3 saturated heterocycles. The van der Waals surface area contributed by atoms with Crippen LogP contribution >= 0.6 is 11.6 Å². The van der Waals surface area contributed by atoms with Gasteiger partial charge < -0.3 is 18.8 Å². The first-order valence-corrected chi connectivity index (χ1v) is 11.3. The zero-order chi connectivity index (χ0) is 22.7. The van der Waals surface area contributed by atoms with Gasteiger partial charge in [-0.05, 0) is 23.8 Å². The second-order valence-corrected chi connectivity index (χ2v) is 9.24. The minimum Gasteiger partial charge on any atom is -0.371 e. The first-order valence-electron chi connectivity index (χ1n) is 11.0. The van der Waals surface area contributed by atoms with Crippen molar-refractivity contribution in [1.29, 1.82) is 0 Å². The van der Waals surface area contributed by atoms with E-state index in [-0.39, 0.29) is 17.1 Å². The molecular weight excluding hydrogens is 443 g/mol. The normalized spacial score (nSPS) is 19.7. The van der Waals surface area contributed by atoms with Crippen LogP contribution in [0.2, 0.25) is 5.02 Å². The highest BCUT2D eigenvalue weighted by molar-refractivity contribution is 6.30. The lowest BCUT2D eigenvalue weighted by molar-refractivity contribution is -0.133. The summed E-state index contributed by atoms with van der Waals surface area (Å²) < 4.78 is 23.5. The molecule has 6 heterocycles. The highest BCUT2D eigenvalue weighted by Gasteiger charge is 2.38. The molecule has 1 aromatic carbocycles. The Hall–Kier alpha value is -3.16. The minimum atomic E-state index is -0.497. The number of hydrogen-bond acceptors (Lipinski definition) is 4. The summed E-state index contributed by atoms with van der Waals surface area (Å²) in [5.74, 6) is -0.497. The summed E-state index contributed by atoms with van der Waals surface area (Å²) in [6.45, 7) is 1.87. The van der Waals surface area contributed by atoms with E-state index in [9.17, 15) is 9.18 Å². The van der Waals surface area contributed by atoms with Crippen LogP contribution in [0.1, 0.15) is 12.0 Å². The molecule has 0 aliphatic carbocycles. The first-order chi connectivity index (χ1) is 16.0. The van der Waals surface area contributed by atoms with Crippen LogP contribution < -0.4 is 10.5 Å². The van der Waals surface area contributed by atoms with Crippen LogP contribution in [0.3, 0.4) is 0 Å². The van der Waals surface area contributed by atoms with Crippen LogP contribution in [0.5, 0.6) is 0 Å². The van der Waals surface area contributed by atoms with E-state index in [1.54, 1.807) is 24.4 Å². The number of benzene rings is 1. The van der Waals surface area contributed by atoms with Gasteiger partial charge in [0.05, 0.1) is 35.7 Å². The summed E-state index contributed by atoms with van der Waals surface area (Å²) >= 11 is 5.88. The fourth-order valence-electron chi connectivity index (χ4n) is 4.88. The highest BCUT2D eigenvalue weighted by Crippen LogP contribution is 2.35. The molecule has 6 nitrogen and oxygen atoms in total. The first kappa shape index (κ1) is 20.4. The fraction of sp³-hybridized carbons (Fsp3) is 0.280. The average molecular weight is 465 g/mol. The molecule has 0 spiro atoms. The molecule has 3 aromatic heterocycles. The molecule has 7 rings (SSSR count). The number of piperidine rings is 1. The van der Waals surface area contributed by atoms with Crippen molar-refractivity contribution in [3.8, 4) is 11.1 Å². The van der Waals surface area contributed by atoms with Crippen LogP contribution in [-0.4, -0.2) is 39.4 Å². The van der Waals surface area contributed by atoms with Crippen molar-refractivity contribution in [3.63, 3.8) is 0 Å². The second-order valence-electron chi connectivity index (χ2n) is 8.83. The Morgan fingerprint density at radius 1 is 1.21 bits per heavy atom. The summed E-state index contributed by atoms with van der Waals surface area (Å²) in [6, 6.07) is 10.4. The van der Waals surface area contributed by atoms with E-state index >= 15 is 0 Å². The van der Waals surface area contributed by atoms with Crippen molar-refractivity contribution in [2.24, 2.45) is 7.05 Å². The van der Waals surface area contributed by atoms with Gasteiger partial charge in [-0.25, -0.2) is 9.37 Å². The molecule has 2 atom stereocenters. The zero-order valence-electron chi connectivity index (χ0n) is 18.0. The van der Waals surface area contributed by atoms with Crippen LogP contribution in [0.25, 0.3) is 22.2 Å². The number of hydrogen-bond donors (Lipinski definition) is 0. The third kappa shape index (κ3) is 3.52. The van der Waals surface area contributed by atoms with E-state index in [0.29, 0.717) is 17.8 Å². The Morgan fingerprint density at radius 2 is 2.00 bits per heavy atom. The third-order valence-electron chi connectivity index (χ3n) is 6.60. The van der Waals surface area contributed by atoms with Crippen molar-refractivity contribution in [2.75, 3.05) is 18.0 Å². The maximum atomic E-state index is 14.3. The van der Waals surface area contributed by atoms with Crippen LogP contribution in [-0.2, 0) is 18.3 Å². The quantitative estimate of drug-likeness (QED) is 0.454. The van der Waals surface area contributed by atoms with Gasteiger partial charge in [-0.3, -0.25) is 4.79 Å². The van der Waals surface area contributed by atoms with E-state index in [2.05, 4.69) is 11.0 Å².